The van der Waals surface area contributed by atoms with Crippen molar-refractivity contribution in [1.82, 2.24) is 10.3 Å². The molecule has 116 valence electrons. The molecule has 9 heteroatoms. The van der Waals surface area contributed by atoms with Crippen LogP contribution < -0.4 is 16.2 Å². The molecule has 0 unspecified atom stereocenters. The molecule has 0 fully saturated rings. The van der Waals surface area contributed by atoms with E-state index in [9.17, 15) is 14.7 Å². The molecule has 0 saturated heterocycles. The van der Waals surface area contributed by atoms with Gasteiger partial charge in [-0.25, -0.2) is 4.98 Å². The van der Waals surface area contributed by atoms with Gasteiger partial charge in [0, 0.05) is 16.8 Å². The van der Waals surface area contributed by atoms with Gasteiger partial charge in [-0.15, -0.1) is 0 Å². The molecule has 2 aromatic rings. The molecular formula is C14H13B2ClN2O4. The van der Waals surface area contributed by atoms with E-state index in [1.54, 1.807) is 6.07 Å². The van der Waals surface area contributed by atoms with E-state index in [-0.39, 0.29) is 11.4 Å². The van der Waals surface area contributed by atoms with Crippen LogP contribution in [0.25, 0.3) is 11.1 Å². The molecule has 1 aromatic heterocycles. The van der Waals surface area contributed by atoms with Crippen LogP contribution in [0.1, 0.15) is 10.5 Å². The summed E-state index contributed by atoms with van der Waals surface area (Å²) in [6, 6.07) is 4.99. The van der Waals surface area contributed by atoms with Crippen LogP contribution in [0.3, 0.4) is 0 Å². The summed E-state index contributed by atoms with van der Waals surface area (Å²) in [5.74, 6) is -2.27. The van der Waals surface area contributed by atoms with Gasteiger partial charge in [0.15, 0.2) is 5.69 Å². The fourth-order valence-electron chi connectivity index (χ4n) is 2.13. The number of rotatable bonds is 4. The molecule has 0 saturated carbocycles. The van der Waals surface area contributed by atoms with Crippen LogP contribution in [0, 0.1) is 0 Å². The van der Waals surface area contributed by atoms with E-state index >= 15 is 0 Å². The summed E-state index contributed by atoms with van der Waals surface area (Å²) in [5.41, 5.74) is 3.16. The number of amides is 1. The number of nitrogens with one attached hydrogen (secondary N) is 1. The van der Waals surface area contributed by atoms with Crippen LogP contribution in [-0.4, -0.2) is 49.3 Å². The first-order chi connectivity index (χ1) is 10.8. The topological polar surface area (TPSA) is 99.5 Å². The van der Waals surface area contributed by atoms with Crippen LogP contribution in [-0.2, 0) is 4.79 Å². The molecule has 0 aliphatic heterocycles. The Bertz CT molecular complexity index is 799. The van der Waals surface area contributed by atoms with E-state index in [2.05, 4.69) is 10.3 Å². The summed E-state index contributed by atoms with van der Waals surface area (Å²) >= 11 is 6.06. The van der Waals surface area contributed by atoms with Crippen molar-refractivity contribution >= 4 is 50.1 Å². The lowest BCUT2D eigenvalue weighted by Crippen LogP contribution is -2.30. The number of benzene rings is 1. The molecule has 1 amide bonds. The molecule has 2 rings (SSSR count). The third-order valence-electron chi connectivity index (χ3n) is 3.43. The van der Waals surface area contributed by atoms with E-state index in [1.807, 2.05) is 21.8 Å². The van der Waals surface area contributed by atoms with Gasteiger partial charge < -0.3 is 15.5 Å². The first-order valence-corrected chi connectivity index (χ1v) is 7.13. The Kier molecular flexibility index (Phi) is 4.95. The van der Waals surface area contributed by atoms with Gasteiger partial charge in [-0.3, -0.25) is 9.59 Å². The van der Waals surface area contributed by atoms with Crippen molar-refractivity contribution in [2.75, 3.05) is 6.54 Å². The summed E-state index contributed by atoms with van der Waals surface area (Å²) in [4.78, 5) is 26.2. The predicted octanol–water partition coefficient (Wildman–Crippen LogP) is -1.56. The summed E-state index contributed by atoms with van der Waals surface area (Å²) in [7, 11) is 3.84. The standard InChI is InChI=1S/C14H13B2ClN2O4/c15-9-3-7(17)2-8(12(9)16)6-1-10(20)13(18-4-6)14(23)19-5-11(21)22/h1-4,20H,5,15-16H2,(H,19,23)(H,21,22). The first kappa shape index (κ1) is 16.9. The van der Waals surface area contributed by atoms with Gasteiger partial charge in [-0.2, -0.15) is 0 Å². The number of aromatic nitrogens is 1. The highest BCUT2D eigenvalue weighted by Crippen LogP contribution is 2.24. The lowest BCUT2D eigenvalue weighted by molar-refractivity contribution is -0.135. The van der Waals surface area contributed by atoms with Crippen LogP contribution in [0.2, 0.25) is 5.02 Å². The number of halogens is 1. The molecule has 0 aliphatic carbocycles. The van der Waals surface area contributed by atoms with Crippen LogP contribution in [0.15, 0.2) is 24.4 Å². The third kappa shape index (κ3) is 3.84. The molecule has 3 N–H and O–H groups in total. The van der Waals surface area contributed by atoms with E-state index < -0.39 is 18.4 Å². The van der Waals surface area contributed by atoms with Crippen LogP contribution >= 0.6 is 11.6 Å². The van der Waals surface area contributed by atoms with Gasteiger partial charge in [-0.05, 0) is 17.7 Å². The Morgan fingerprint density at radius 3 is 2.57 bits per heavy atom. The first-order valence-electron chi connectivity index (χ1n) is 6.75. The number of carbonyl (C=O) groups excluding carboxylic acids is 1. The fourth-order valence-corrected chi connectivity index (χ4v) is 2.40. The highest BCUT2D eigenvalue weighted by molar-refractivity contribution is 6.51. The predicted molar refractivity (Wildman–Crippen MR) is 92.7 cm³/mol. The number of pyridine rings is 1. The molecular weight excluding hydrogens is 317 g/mol. The van der Waals surface area contributed by atoms with Crippen molar-refractivity contribution in [2.45, 2.75) is 0 Å². The van der Waals surface area contributed by atoms with E-state index in [0.29, 0.717) is 10.6 Å². The van der Waals surface area contributed by atoms with E-state index in [1.165, 1.54) is 12.3 Å². The molecule has 0 atom stereocenters. The maximum atomic E-state index is 11.8. The normalized spacial score (nSPS) is 10.3. The molecule has 23 heavy (non-hydrogen) atoms. The number of hydrogen-bond donors (Lipinski definition) is 3. The second-order valence-corrected chi connectivity index (χ2v) is 5.50. The van der Waals surface area contributed by atoms with Crippen molar-refractivity contribution in [3.05, 3.63) is 35.1 Å². The Morgan fingerprint density at radius 2 is 1.96 bits per heavy atom. The van der Waals surface area contributed by atoms with Gasteiger partial charge in [0.05, 0.1) is 0 Å². The van der Waals surface area contributed by atoms with Crippen molar-refractivity contribution in [3.63, 3.8) is 0 Å². The summed E-state index contributed by atoms with van der Waals surface area (Å²) in [6.07, 6.45) is 1.44. The monoisotopic (exact) mass is 330 g/mol. The van der Waals surface area contributed by atoms with Gasteiger partial charge in [-0.1, -0.05) is 28.6 Å². The molecule has 0 aliphatic rings. The molecule has 0 bridgehead atoms. The summed E-state index contributed by atoms with van der Waals surface area (Å²) < 4.78 is 0. The molecule has 6 nitrogen and oxygen atoms in total. The summed E-state index contributed by atoms with van der Waals surface area (Å²) in [6.45, 7) is -0.547. The highest BCUT2D eigenvalue weighted by atomic mass is 35.5. The van der Waals surface area contributed by atoms with Gasteiger partial charge in [0.25, 0.3) is 5.91 Å². The number of nitrogens with zero attached hydrogens (tertiary/aromatic N) is 1. The largest absolute Gasteiger partial charge is 0.505 e. The number of aromatic hydroxyl groups is 1. The third-order valence-corrected chi connectivity index (χ3v) is 3.64. The minimum absolute atomic E-state index is 0.230. The Labute approximate surface area is 139 Å². The zero-order valence-corrected chi connectivity index (χ0v) is 13.3. The average Bonchev–Trinajstić information content (AvgIpc) is 2.48. The minimum atomic E-state index is -1.18. The molecule has 1 heterocycles. The molecule has 0 spiro atoms. The Balaban J connectivity index is 2.37. The maximum Gasteiger partial charge on any atom is 0.322 e. The Morgan fingerprint density at radius 1 is 1.26 bits per heavy atom. The van der Waals surface area contributed by atoms with Crippen molar-refractivity contribution < 1.29 is 19.8 Å². The number of carboxylic acid groups (broad SMARTS) is 1. The zero-order chi connectivity index (χ0) is 17.1. The van der Waals surface area contributed by atoms with Crippen molar-refractivity contribution in [3.8, 4) is 16.9 Å². The van der Waals surface area contributed by atoms with Gasteiger partial charge >= 0.3 is 5.97 Å². The number of aliphatic carboxylic acids is 1. The van der Waals surface area contributed by atoms with Gasteiger partial charge in [0.1, 0.15) is 28.0 Å². The van der Waals surface area contributed by atoms with Crippen LogP contribution in [0.5, 0.6) is 5.75 Å². The lowest BCUT2D eigenvalue weighted by atomic mass is 9.76. The minimum Gasteiger partial charge on any atom is -0.505 e. The van der Waals surface area contributed by atoms with Gasteiger partial charge in [0.2, 0.25) is 0 Å². The lowest BCUT2D eigenvalue weighted by Gasteiger charge is -2.12. The van der Waals surface area contributed by atoms with Crippen LogP contribution in [0.4, 0.5) is 0 Å². The zero-order valence-electron chi connectivity index (χ0n) is 12.6. The van der Waals surface area contributed by atoms with Crippen molar-refractivity contribution in [1.29, 1.82) is 0 Å². The second-order valence-electron chi connectivity index (χ2n) is 5.06. The second kappa shape index (κ2) is 6.75. The van der Waals surface area contributed by atoms with E-state index in [0.717, 1.165) is 16.5 Å². The number of hydrogen-bond acceptors (Lipinski definition) is 4. The number of carbonyl (C=O) groups is 2. The average molecular weight is 330 g/mol. The maximum absolute atomic E-state index is 11.8. The molecule has 1 aromatic carbocycles. The summed E-state index contributed by atoms with van der Waals surface area (Å²) in [5, 5.41) is 21.3. The quantitative estimate of drug-likeness (QED) is 0.589. The Hall–Kier alpha value is -2.47. The smallest absolute Gasteiger partial charge is 0.322 e. The van der Waals surface area contributed by atoms with Crippen molar-refractivity contribution in [2.24, 2.45) is 0 Å². The fraction of sp³-hybridized carbons (Fsp3) is 0.0714. The number of carboxylic acids is 1. The van der Waals surface area contributed by atoms with E-state index in [4.69, 9.17) is 16.7 Å². The highest BCUT2D eigenvalue weighted by Gasteiger charge is 2.16. The molecule has 0 radical (unpaired) electrons. The SMILES string of the molecule is Bc1cc(Cl)cc(-c2cnc(C(=O)NCC(=O)O)c(O)c2)c1B.